The van der Waals surface area contributed by atoms with Crippen LogP contribution < -0.4 is 25.2 Å². The summed E-state index contributed by atoms with van der Waals surface area (Å²) in [6.07, 6.45) is 3.12. The van der Waals surface area contributed by atoms with E-state index in [1.54, 1.807) is 67.8 Å². The SMILES string of the molecule is COc1ccc([SH](=O)(P)Nc2ccc(/C=C/C(=O)Nc3ccccc3N)cc2)cc1OC. The van der Waals surface area contributed by atoms with Gasteiger partial charge in [0.05, 0.1) is 25.6 Å². The highest BCUT2D eigenvalue weighted by atomic mass is 32.8. The molecule has 1 unspecified atom stereocenters. The van der Waals surface area contributed by atoms with Gasteiger partial charge in [-0.05, 0) is 66.2 Å². The number of hydrogen-bond acceptors (Lipinski definition) is 5. The van der Waals surface area contributed by atoms with Gasteiger partial charge < -0.3 is 25.2 Å². The van der Waals surface area contributed by atoms with Gasteiger partial charge in [0.25, 0.3) is 0 Å². The number of amides is 1. The maximum absolute atomic E-state index is 13.2. The average molecular weight is 472 g/mol. The van der Waals surface area contributed by atoms with Crippen LogP contribution in [0, 0.1) is 0 Å². The van der Waals surface area contributed by atoms with Gasteiger partial charge in [-0.15, -0.1) is 0 Å². The molecule has 0 radical (unpaired) electrons. The number of ether oxygens (including phenoxy) is 2. The van der Waals surface area contributed by atoms with E-state index < -0.39 is 9.74 Å². The largest absolute Gasteiger partial charge is 0.493 e. The van der Waals surface area contributed by atoms with Crippen molar-refractivity contribution in [3.63, 3.8) is 0 Å². The van der Waals surface area contributed by atoms with Crippen molar-refractivity contribution in [1.29, 1.82) is 0 Å². The fraction of sp³-hybridized carbons (Fsp3) is 0.0870. The summed E-state index contributed by atoms with van der Waals surface area (Å²) in [4.78, 5) is 12.7. The van der Waals surface area contributed by atoms with E-state index in [0.717, 1.165) is 5.56 Å². The maximum Gasteiger partial charge on any atom is 0.248 e. The van der Waals surface area contributed by atoms with Gasteiger partial charge in [-0.1, -0.05) is 24.3 Å². The van der Waals surface area contributed by atoms with Crippen molar-refractivity contribution in [3.8, 4) is 11.5 Å². The van der Waals surface area contributed by atoms with Crippen LogP contribution in [0.25, 0.3) is 6.08 Å². The summed E-state index contributed by atoms with van der Waals surface area (Å²) >= 11 is 0. The van der Waals surface area contributed by atoms with Crippen molar-refractivity contribution < 1.29 is 18.5 Å². The number of benzene rings is 3. The fourth-order valence-corrected chi connectivity index (χ4v) is 5.11. The molecule has 1 atom stereocenters. The van der Waals surface area contributed by atoms with E-state index in [-0.39, 0.29) is 5.91 Å². The lowest BCUT2D eigenvalue weighted by Crippen LogP contribution is -2.14. The minimum Gasteiger partial charge on any atom is -0.493 e. The zero-order valence-corrected chi connectivity index (χ0v) is 19.8. The van der Waals surface area contributed by atoms with Gasteiger partial charge in [0, 0.05) is 22.7 Å². The number of anilines is 3. The Kier molecular flexibility index (Phi) is 7.51. The molecule has 1 amide bonds. The second-order valence-electron chi connectivity index (χ2n) is 6.84. The molecule has 0 saturated heterocycles. The third-order valence-electron chi connectivity index (χ3n) is 4.60. The molecule has 32 heavy (non-hydrogen) atoms. The first-order valence-corrected chi connectivity index (χ1v) is 13.0. The Morgan fingerprint density at radius 1 is 1.00 bits per heavy atom. The number of nitrogen functional groups attached to an aromatic ring is 1. The van der Waals surface area contributed by atoms with Gasteiger partial charge in [0.1, 0.15) is 0 Å². The number of nitrogens with one attached hydrogen (secondary N) is 2. The van der Waals surface area contributed by atoms with Gasteiger partial charge in [-0.2, -0.15) is 0 Å². The summed E-state index contributed by atoms with van der Waals surface area (Å²) < 4.78 is 26.8. The Labute approximate surface area is 190 Å². The molecule has 0 saturated carbocycles. The molecule has 0 aliphatic carbocycles. The number of methoxy groups -OCH3 is 2. The highest BCUT2D eigenvalue weighted by Gasteiger charge is 2.15. The molecule has 3 aromatic carbocycles. The van der Waals surface area contributed by atoms with E-state index >= 15 is 0 Å². The normalized spacial score (nSPS) is 11.7. The van der Waals surface area contributed by atoms with Crippen LogP contribution in [0.2, 0.25) is 0 Å². The molecule has 0 bridgehead atoms. The molecule has 3 aromatic rings. The number of thiol groups is 1. The van der Waals surface area contributed by atoms with Crippen molar-refractivity contribution in [2.45, 2.75) is 4.90 Å². The molecule has 7 nitrogen and oxygen atoms in total. The standard InChI is InChI=1S/C23H26N3O4PS/c1-29-21-13-12-18(15-22(21)30-2)32(28,31)26-17-10-7-16(8-11-17)9-14-23(27)25-20-6-4-3-5-19(20)24/h3-15,32H,24,31H2,1-2H3,(H,25,27)(H,26,28)/b14-9+. The zero-order valence-electron chi connectivity index (χ0n) is 17.7. The lowest BCUT2D eigenvalue weighted by atomic mass is 10.2. The van der Waals surface area contributed by atoms with Crippen molar-refractivity contribution >= 4 is 47.2 Å². The number of carbonyl (C=O) groups excluding carboxylic acids is 1. The van der Waals surface area contributed by atoms with Crippen molar-refractivity contribution in [2.75, 3.05) is 30.0 Å². The Bertz CT molecular complexity index is 1180. The Balaban J connectivity index is 1.66. The van der Waals surface area contributed by atoms with E-state index in [1.165, 1.54) is 13.2 Å². The molecule has 3 rings (SSSR count). The van der Waals surface area contributed by atoms with Gasteiger partial charge >= 0.3 is 0 Å². The molecule has 168 valence electrons. The van der Waals surface area contributed by atoms with Crippen LogP contribution in [-0.4, -0.2) is 24.3 Å². The van der Waals surface area contributed by atoms with Crippen LogP contribution in [0.5, 0.6) is 11.5 Å². The van der Waals surface area contributed by atoms with E-state index in [9.17, 15) is 9.00 Å². The predicted molar refractivity (Wildman–Crippen MR) is 136 cm³/mol. The first-order chi connectivity index (χ1) is 15.3. The van der Waals surface area contributed by atoms with Crippen molar-refractivity contribution in [2.24, 2.45) is 0 Å². The van der Waals surface area contributed by atoms with E-state index in [1.807, 2.05) is 12.1 Å². The van der Waals surface area contributed by atoms with Crippen LogP contribution in [-0.2, 0) is 14.5 Å². The summed E-state index contributed by atoms with van der Waals surface area (Å²) in [6.45, 7) is 0. The molecule has 0 fully saturated rings. The van der Waals surface area contributed by atoms with Crippen molar-refractivity contribution in [3.05, 3.63) is 78.4 Å². The minimum atomic E-state index is -2.99. The van der Waals surface area contributed by atoms with E-state index in [4.69, 9.17) is 15.2 Å². The first kappa shape index (κ1) is 23.3. The van der Waals surface area contributed by atoms with Crippen LogP contribution in [0.15, 0.2) is 77.7 Å². The smallest absolute Gasteiger partial charge is 0.248 e. The van der Waals surface area contributed by atoms with Gasteiger partial charge in [0.15, 0.2) is 11.5 Å². The number of carbonyl (C=O) groups is 1. The van der Waals surface area contributed by atoms with Gasteiger partial charge in [0.2, 0.25) is 5.91 Å². The first-order valence-electron chi connectivity index (χ1n) is 9.65. The monoisotopic (exact) mass is 471 g/mol. The van der Waals surface area contributed by atoms with E-state index in [0.29, 0.717) is 33.5 Å². The summed E-state index contributed by atoms with van der Waals surface area (Å²) in [5.41, 5.74) is 8.39. The van der Waals surface area contributed by atoms with Crippen LogP contribution >= 0.6 is 8.44 Å². The molecule has 4 N–H and O–H groups in total. The quantitative estimate of drug-likeness (QED) is 0.171. The lowest BCUT2D eigenvalue weighted by Gasteiger charge is -2.23. The molecule has 9 heteroatoms. The third-order valence-corrected chi connectivity index (χ3v) is 7.52. The third kappa shape index (κ3) is 5.87. The minimum absolute atomic E-state index is 0.284. The molecule has 0 aliphatic rings. The Morgan fingerprint density at radius 2 is 1.69 bits per heavy atom. The predicted octanol–water partition coefficient (Wildman–Crippen LogP) is 4.13. The second kappa shape index (κ2) is 10.3. The molecular weight excluding hydrogens is 445 g/mol. The molecule has 0 heterocycles. The van der Waals surface area contributed by atoms with Crippen LogP contribution in [0.4, 0.5) is 17.1 Å². The molecule has 0 aromatic heterocycles. The van der Waals surface area contributed by atoms with Crippen LogP contribution in [0.3, 0.4) is 0 Å². The number of hydrogen-bond donors (Lipinski definition) is 4. The highest BCUT2D eigenvalue weighted by Crippen LogP contribution is 2.35. The zero-order chi connectivity index (χ0) is 23.1. The summed E-state index contributed by atoms with van der Waals surface area (Å²) in [6, 6.07) is 19.4. The van der Waals surface area contributed by atoms with E-state index in [2.05, 4.69) is 18.5 Å². The maximum atomic E-state index is 13.2. The summed E-state index contributed by atoms with van der Waals surface area (Å²) in [5, 5.41) is 2.74. The lowest BCUT2D eigenvalue weighted by molar-refractivity contribution is -0.111. The van der Waals surface area contributed by atoms with Crippen molar-refractivity contribution in [1.82, 2.24) is 0 Å². The van der Waals surface area contributed by atoms with Crippen LogP contribution in [0.1, 0.15) is 5.56 Å². The topological polar surface area (TPSA) is 103 Å². The summed E-state index contributed by atoms with van der Waals surface area (Å²) in [5.74, 6) is 0.787. The average Bonchev–Trinajstić information content (AvgIpc) is 2.79. The number of para-hydroxylation sites is 2. The fourth-order valence-electron chi connectivity index (χ4n) is 2.91. The van der Waals surface area contributed by atoms with Gasteiger partial charge in [-0.25, -0.2) is 0 Å². The summed E-state index contributed by atoms with van der Waals surface area (Å²) in [7, 11) is 2.48. The number of nitrogens with two attached hydrogens (primary N) is 1. The highest BCUT2D eigenvalue weighted by molar-refractivity contribution is 8.46. The van der Waals surface area contributed by atoms with Gasteiger partial charge in [-0.3, -0.25) is 9.00 Å². The number of rotatable bonds is 8. The Hall–Kier alpha value is -3.35. The molecule has 0 aliphatic heterocycles. The molecular formula is C23H26N3O4PS. The molecule has 0 spiro atoms. The Morgan fingerprint density at radius 3 is 2.34 bits per heavy atom. The second-order valence-corrected chi connectivity index (χ2v) is 11.1.